The molecule has 1 saturated carbocycles. The van der Waals surface area contributed by atoms with Crippen molar-refractivity contribution in [2.45, 2.75) is 75.9 Å². The molecule has 3 aromatic rings. The molecule has 1 aliphatic carbocycles. The zero-order valence-electron chi connectivity index (χ0n) is 25.3. The largest absolute Gasteiger partial charge is 0.494 e. The Hall–Kier alpha value is -2.79. The number of hydrogen-bond donors (Lipinski definition) is 1. The van der Waals surface area contributed by atoms with E-state index in [9.17, 15) is 18.0 Å². The predicted octanol–water partition coefficient (Wildman–Crippen LogP) is 7.61. The van der Waals surface area contributed by atoms with E-state index in [4.69, 9.17) is 27.9 Å². The van der Waals surface area contributed by atoms with Crippen molar-refractivity contribution in [2.24, 2.45) is 0 Å². The maximum atomic E-state index is 14.3. The highest BCUT2D eigenvalue weighted by Crippen LogP contribution is 2.29. The summed E-state index contributed by atoms with van der Waals surface area (Å²) in [4.78, 5) is 29.5. The van der Waals surface area contributed by atoms with Crippen LogP contribution in [0, 0.1) is 0 Å². The number of benzene rings is 3. The minimum atomic E-state index is -4.20. The summed E-state index contributed by atoms with van der Waals surface area (Å²) < 4.78 is 35.5. The van der Waals surface area contributed by atoms with Gasteiger partial charge >= 0.3 is 0 Å². The van der Waals surface area contributed by atoms with Crippen molar-refractivity contribution in [3.63, 3.8) is 0 Å². The molecular weight excluding hydrogens is 701 g/mol. The SMILES string of the molecule is CCOc1ccc(N(CC(=O)N(Cc2ccc(Cl)c(Cl)c2)[C@@H](CC)C(=O)NC2CCCCC2)S(=O)(=O)c2ccc(Br)cc2)cc1. The number of ether oxygens (including phenoxy) is 1. The average molecular weight is 740 g/mol. The number of carbonyl (C=O) groups is 2. The second-order valence-electron chi connectivity index (χ2n) is 10.9. The van der Waals surface area contributed by atoms with E-state index in [-0.39, 0.29) is 29.1 Å². The van der Waals surface area contributed by atoms with Crippen molar-refractivity contribution >= 4 is 66.7 Å². The van der Waals surface area contributed by atoms with Crippen molar-refractivity contribution < 1.29 is 22.7 Å². The van der Waals surface area contributed by atoms with Crippen LogP contribution >= 0.6 is 39.1 Å². The summed E-state index contributed by atoms with van der Waals surface area (Å²) in [6, 6.07) is 17.0. The Kier molecular flexibility index (Phi) is 12.6. The van der Waals surface area contributed by atoms with Crippen LogP contribution in [0.15, 0.2) is 76.1 Å². The van der Waals surface area contributed by atoms with Crippen LogP contribution in [0.4, 0.5) is 5.69 Å². The van der Waals surface area contributed by atoms with Crippen LogP contribution in [0.25, 0.3) is 0 Å². The molecule has 1 aliphatic rings. The fraction of sp³-hybridized carbons (Fsp3) is 0.394. The van der Waals surface area contributed by atoms with E-state index in [2.05, 4.69) is 21.2 Å². The first kappa shape index (κ1) is 35.1. The van der Waals surface area contributed by atoms with Crippen LogP contribution < -0.4 is 14.4 Å². The third kappa shape index (κ3) is 9.15. The van der Waals surface area contributed by atoms with Gasteiger partial charge in [0.05, 0.1) is 27.2 Å². The zero-order valence-corrected chi connectivity index (χ0v) is 29.3. The van der Waals surface area contributed by atoms with E-state index in [1.807, 2.05) is 13.8 Å². The highest BCUT2D eigenvalue weighted by atomic mass is 79.9. The van der Waals surface area contributed by atoms with Gasteiger partial charge in [0.2, 0.25) is 11.8 Å². The summed E-state index contributed by atoms with van der Waals surface area (Å²) >= 11 is 15.8. The Morgan fingerprint density at radius 2 is 1.62 bits per heavy atom. The van der Waals surface area contributed by atoms with Crippen molar-refractivity contribution in [3.05, 3.63) is 86.8 Å². The fourth-order valence-corrected chi connectivity index (χ4v) is 7.44. The van der Waals surface area contributed by atoms with Gasteiger partial charge in [-0.3, -0.25) is 13.9 Å². The third-order valence-corrected chi connectivity index (χ3v) is 10.8. The average Bonchev–Trinajstić information content (AvgIpc) is 3.02. The normalized spacial score (nSPS) is 14.4. The van der Waals surface area contributed by atoms with Crippen LogP contribution in [-0.2, 0) is 26.2 Å². The first-order valence-corrected chi connectivity index (χ1v) is 18.1. The van der Waals surface area contributed by atoms with Crippen molar-refractivity contribution in [1.82, 2.24) is 10.2 Å². The number of hydrogen-bond acceptors (Lipinski definition) is 5. The quantitative estimate of drug-likeness (QED) is 0.195. The van der Waals surface area contributed by atoms with Crippen molar-refractivity contribution in [3.8, 4) is 5.75 Å². The molecule has 0 heterocycles. The highest BCUT2D eigenvalue weighted by Gasteiger charge is 2.34. The first-order chi connectivity index (χ1) is 21.5. The molecule has 8 nitrogen and oxygen atoms in total. The Morgan fingerprint density at radius 1 is 0.956 bits per heavy atom. The molecular formula is C33H38BrCl2N3O5S. The van der Waals surface area contributed by atoms with Crippen molar-refractivity contribution in [2.75, 3.05) is 17.5 Å². The van der Waals surface area contributed by atoms with Gasteiger partial charge in [-0.25, -0.2) is 8.42 Å². The first-order valence-electron chi connectivity index (χ1n) is 15.1. The molecule has 0 unspecified atom stereocenters. The van der Waals surface area contributed by atoms with Gasteiger partial charge < -0.3 is 15.0 Å². The standard InChI is InChI=1S/C33H38BrCl2N3O5S/c1-3-31(33(41)37-25-8-6-5-7-9-25)38(21-23-10-19-29(35)30(36)20-23)32(40)22-39(26-13-15-27(16-14-26)44-4-2)45(42,43)28-17-11-24(34)12-18-28/h10-20,25,31H,3-9,21-22H2,1-2H3,(H,37,41)/t31-/m0/s1. The molecule has 1 atom stereocenters. The lowest BCUT2D eigenvalue weighted by Crippen LogP contribution is -2.54. The van der Waals surface area contributed by atoms with Gasteiger partial charge in [0.15, 0.2) is 0 Å². The van der Waals surface area contributed by atoms with Gasteiger partial charge in [0.25, 0.3) is 10.0 Å². The van der Waals surface area contributed by atoms with E-state index < -0.39 is 28.5 Å². The number of halogens is 3. The minimum Gasteiger partial charge on any atom is -0.494 e. The number of anilines is 1. The molecule has 4 rings (SSSR count). The van der Waals surface area contributed by atoms with Gasteiger partial charge in [-0.2, -0.15) is 0 Å². The van der Waals surface area contributed by atoms with Crippen molar-refractivity contribution in [1.29, 1.82) is 0 Å². The van der Waals surface area contributed by atoms with Crippen LogP contribution in [0.1, 0.15) is 57.9 Å². The highest BCUT2D eigenvalue weighted by molar-refractivity contribution is 9.10. The van der Waals surface area contributed by atoms with Crippen LogP contribution in [0.5, 0.6) is 5.75 Å². The maximum Gasteiger partial charge on any atom is 0.264 e. The summed E-state index contributed by atoms with van der Waals surface area (Å²) in [5.74, 6) is -0.234. The van der Waals surface area contributed by atoms with E-state index in [0.717, 1.165) is 36.4 Å². The summed E-state index contributed by atoms with van der Waals surface area (Å²) in [5.41, 5.74) is 0.939. The Balaban J connectivity index is 1.72. The lowest BCUT2D eigenvalue weighted by molar-refractivity contribution is -0.140. The molecule has 45 heavy (non-hydrogen) atoms. The molecule has 0 saturated heterocycles. The van der Waals surface area contributed by atoms with E-state index in [1.165, 1.54) is 17.0 Å². The van der Waals surface area contributed by atoms with Gasteiger partial charge in [-0.15, -0.1) is 0 Å². The fourth-order valence-electron chi connectivity index (χ4n) is 5.44. The molecule has 12 heteroatoms. The Bertz CT molecular complexity index is 1570. The van der Waals surface area contributed by atoms with E-state index in [0.29, 0.717) is 38.9 Å². The van der Waals surface area contributed by atoms with Crippen LogP contribution in [-0.4, -0.2) is 50.4 Å². The molecule has 0 spiro atoms. The number of carbonyl (C=O) groups excluding carboxylic acids is 2. The second kappa shape index (κ2) is 16.2. The lowest BCUT2D eigenvalue weighted by Gasteiger charge is -2.34. The molecule has 242 valence electrons. The summed E-state index contributed by atoms with van der Waals surface area (Å²) in [6.45, 7) is 3.63. The molecule has 2 amide bonds. The lowest BCUT2D eigenvalue weighted by atomic mass is 9.95. The summed E-state index contributed by atoms with van der Waals surface area (Å²) in [7, 11) is -4.20. The van der Waals surface area contributed by atoms with Crippen LogP contribution in [0.2, 0.25) is 10.0 Å². The van der Waals surface area contributed by atoms with E-state index >= 15 is 0 Å². The number of nitrogens with one attached hydrogen (secondary N) is 1. The molecule has 0 bridgehead atoms. The molecule has 3 aromatic carbocycles. The molecule has 0 aliphatic heterocycles. The number of amides is 2. The van der Waals surface area contributed by atoms with Gasteiger partial charge in [-0.1, -0.05) is 71.4 Å². The Morgan fingerprint density at radius 3 is 2.22 bits per heavy atom. The summed E-state index contributed by atoms with van der Waals surface area (Å²) in [5, 5.41) is 3.82. The summed E-state index contributed by atoms with van der Waals surface area (Å²) in [6.07, 6.45) is 5.32. The monoisotopic (exact) mass is 737 g/mol. The topological polar surface area (TPSA) is 96.0 Å². The number of rotatable bonds is 13. The number of nitrogens with zero attached hydrogens (tertiary/aromatic N) is 2. The molecule has 1 N–H and O–H groups in total. The second-order valence-corrected chi connectivity index (χ2v) is 14.5. The predicted molar refractivity (Wildman–Crippen MR) is 182 cm³/mol. The smallest absolute Gasteiger partial charge is 0.264 e. The third-order valence-electron chi connectivity index (χ3n) is 7.79. The minimum absolute atomic E-state index is 0.0190. The molecule has 0 radical (unpaired) electrons. The maximum absolute atomic E-state index is 14.3. The van der Waals surface area contributed by atoms with Gasteiger partial charge in [0.1, 0.15) is 18.3 Å². The molecule has 1 fully saturated rings. The zero-order chi connectivity index (χ0) is 32.6. The van der Waals surface area contributed by atoms with Gasteiger partial charge in [0, 0.05) is 17.1 Å². The number of sulfonamides is 1. The van der Waals surface area contributed by atoms with Crippen LogP contribution in [0.3, 0.4) is 0 Å². The Labute approximate surface area is 284 Å². The molecule has 0 aromatic heterocycles. The van der Waals surface area contributed by atoms with Gasteiger partial charge in [-0.05, 0) is 92.4 Å². The van der Waals surface area contributed by atoms with E-state index in [1.54, 1.807) is 54.6 Å².